The lowest BCUT2D eigenvalue weighted by Gasteiger charge is -2.53. The molecule has 2 heterocycles. The number of carbonyl (C=O) groups excluding carboxylic acids is 2. The van der Waals surface area contributed by atoms with Gasteiger partial charge in [0.15, 0.2) is 0 Å². The van der Waals surface area contributed by atoms with Crippen LogP contribution in [0.5, 0.6) is 0 Å². The number of benzene rings is 2. The van der Waals surface area contributed by atoms with Crippen molar-refractivity contribution in [2.75, 3.05) is 13.1 Å². The molecule has 0 radical (unpaired) electrons. The summed E-state index contributed by atoms with van der Waals surface area (Å²) in [4.78, 5) is 29.8. The van der Waals surface area contributed by atoms with Gasteiger partial charge in [-0.25, -0.2) is 0 Å². The molecule has 1 saturated carbocycles. The average Bonchev–Trinajstić information content (AvgIpc) is 3.24. The van der Waals surface area contributed by atoms with Crippen molar-refractivity contribution in [2.45, 2.75) is 62.9 Å². The molecule has 4 atom stereocenters. The minimum absolute atomic E-state index is 0.0493. The lowest BCUT2D eigenvalue weighted by atomic mass is 9.66. The van der Waals surface area contributed by atoms with E-state index in [1.54, 1.807) is 4.90 Å². The lowest BCUT2D eigenvalue weighted by Crippen LogP contribution is -2.60. The predicted molar refractivity (Wildman–Crippen MR) is 127 cm³/mol. The third-order valence-corrected chi connectivity index (χ3v) is 8.25. The number of carbonyl (C=O) groups is 2. The van der Waals surface area contributed by atoms with Crippen molar-refractivity contribution >= 4 is 11.8 Å². The first-order valence-electron chi connectivity index (χ1n) is 12.7. The lowest BCUT2D eigenvalue weighted by molar-refractivity contribution is -0.158. The van der Waals surface area contributed by atoms with Crippen molar-refractivity contribution in [3.8, 4) is 0 Å². The van der Waals surface area contributed by atoms with Gasteiger partial charge in [-0.3, -0.25) is 9.59 Å². The first-order valence-corrected chi connectivity index (χ1v) is 12.7. The maximum atomic E-state index is 13.6. The highest BCUT2D eigenvalue weighted by molar-refractivity contribution is 5.89. The van der Waals surface area contributed by atoms with E-state index in [1.807, 2.05) is 35.2 Å². The van der Waals surface area contributed by atoms with E-state index < -0.39 is 23.3 Å². The Labute approximate surface area is 208 Å². The fraction of sp³-hybridized carbons (Fsp3) is 0.500. The Kier molecular flexibility index (Phi) is 6.57. The molecule has 0 spiro atoms. The number of aliphatic hydroxyl groups is 1. The minimum Gasteiger partial charge on any atom is -0.385 e. The van der Waals surface area contributed by atoms with Gasteiger partial charge in [0, 0.05) is 38.0 Å². The molecule has 2 amide bonds. The Morgan fingerprint density at radius 2 is 1.72 bits per heavy atom. The van der Waals surface area contributed by atoms with Crippen LogP contribution in [0.4, 0.5) is 13.2 Å². The van der Waals surface area contributed by atoms with Gasteiger partial charge in [0.2, 0.25) is 11.8 Å². The first-order chi connectivity index (χ1) is 17.2. The number of rotatable bonds is 4. The zero-order chi connectivity index (χ0) is 25.5. The summed E-state index contributed by atoms with van der Waals surface area (Å²) in [7, 11) is 0. The van der Waals surface area contributed by atoms with Crippen LogP contribution in [0.2, 0.25) is 0 Å². The highest BCUT2D eigenvalue weighted by Gasteiger charge is 2.51. The normalized spacial score (nSPS) is 28.8. The summed E-state index contributed by atoms with van der Waals surface area (Å²) in [6.45, 7) is 0.880. The fourth-order valence-electron chi connectivity index (χ4n) is 6.39. The standard InChI is InChI=1S/C28H31F3N2O3/c29-28(30,31)22-12-10-19(11-13-22)17-32-18-20(16-25(32)34)26(35)33-15-14-27(36,21-6-2-1-3-7-21)23-8-4-5-9-24(23)33/h1-3,6-7,10-13,20,23-24,36H,4-5,8-9,14-18H2/t20?,23-,24+,27?/m0/s1. The molecule has 36 heavy (non-hydrogen) atoms. The summed E-state index contributed by atoms with van der Waals surface area (Å²) < 4.78 is 38.5. The van der Waals surface area contributed by atoms with Crippen molar-refractivity contribution in [1.82, 2.24) is 9.80 Å². The van der Waals surface area contributed by atoms with Gasteiger partial charge in [-0.2, -0.15) is 13.2 Å². The Morgan fingerprint density at radius 3 is 2.42 bits per heavy atom. The largest absolute Gasteiger partial charge is 0.416 e. The van der Waals surface area contributed by atoms with E-state index in [-0.39, 0.29) is 43.3 Å². The number of halogens is 3. The van der Waals surface area contributed by atoms with Crippen LogP contribution in [0, 0.1) is 11.8 Å². The molecule has 0 aromatic heterocycles. The molecule has 5 nitrogen and oxygen atoms in total. The molecule has 0 bridgehead atoms. The molecule has 2 unspecified atom stereocenters. The van der Waals surface area contributed by atoms with E-state index in [9.17, 15) is 27.9 Å². The third kappa shape index (κ3) is 4.63. The Hall–Kier alpha value is -2.87. The molecule has 2 aromatic rings. The molecule has 3 aliphatic rings. The monoisotopic (exact) mass is 500 g/mol. The Balaban J connectivity index is 1.28. The van der Waals surface area contributed by atoms with E-state index in [1.165, 1.54) is 12.1 Å². The quantitative estimate of drug-likeness (QED) is 0.660. The van der Waals surface area contributed by atoms with Gasteiger partial charge in [-0.15, -0.1) is 0 Å². The first kappa shape index (κ1) is 24.8. The number of fused-ring (bicyclic) bond motifs is 1. The Morgan fingerprint density at radius 1 is 1.03 bits per heavy atom. The molecular weight excluding hydrogens is 469 g/mol. The van der Waals surface area contributed by atoms with Crippen molar-refractivity contribution in [2.24, 2.45) is 11.8 Å². The molecule has 1 aliphatic carbocycles. The van der Waals surface area contributed by atoms with Gasteiger partial charge >= 0.3 is 6.18 Å². The van der Waals surface area contributed by atoms with Crippen LogP contribution in [0.25, 0.3) is 0 Å². The SMILES string of the molecule is O=C1CC(C(=O)N2CCC(O)(c3ccccc3)[C@H]3CCCC[C@H]32)CN1Cc1ccc(C(F)(F)F)cc1. The second kappa shape index (κ2) is 9.54. The maximum Gasteiger partial charge on any atom is 0.416 e. The number of alkyl halides is 3. The number of likely N-dealkylation sites (tertiary alicyclic amines) is 2. The third-order valence-electron chi connectivity index (χ3n) is 8.25. The van der Waals surface area contributed by atoms with Gasteiger partial charge in [-0.1, -0.05) is 55.3 Å². The van der Waals surface area contributed by atoms with Crippen molar-refractivity contribution in [3.05, 3.63) is 71.3 Å². The molecule has 192 valence electrons. The highest BCUT2D eigenvalue weighted by atomic mass is 19.4. The summed E-state index contributed by atoms with van der Waals surface area (Å²) in [6, 6.07) is 14.4. The van der Waals surface area contributed by atoms with Crippen molar-refractivity contribution in [1.29, 1.82) is 0 Å². The smallest absolute Gasteiger partial charge is 0.385 e. The summed E-state index contributed by atoms with van der Waals surface area (Å²) in [5.74, 6) is -0.735. The second-order valence-corrected chi connectivity index (χ2v) is 10.4. The van der Waals surface area contributed by atoms with Crippen LogP contribution in [0.3, 0.4) is 0 Å². The molecule has 2 aromatic carbocycles. The number of amides is 2. The van der Waals surface area contributed by atoms with Gasteiger partial charge in [0.1, 0.15) is 0 Å². The second-order valence-electron chi connectivity index (χ2n) is 10.4. The minimum atomic E-state index is -4.41. The fourth-order valence-corrected chi connectivity index (χ4v) is 6.39. The van der Waals surface area contributed by atoms with Gasteiger partial charge in [0.25, 0.3) is 0 Å². The van der Waals surface area contributed by atoms with E-state index in [2.05, 4.69) is 0 Å². The molecule has 2 saturated heterocycles. The topological polar surface area (TPSA) is 60.9 Å². The Bertz CT molecular complexity index is 1110. The van der Waals surface area contributed by atoms with E-state index in [0.29, 0.717) is 18.5 Å². The van der Waals surface area contributed by atoms with Crippen LogP contribution < -0.4 is 0 Å². The molecule has 5 rings (SSSR count). The molecule has 2 aliphatic heterocycles. The summed E-state index contributed by atoms with van der Waals surface area (Å²) in [5, 5.41) is 11.7. The number of hydrogen-bond donors (Lipinski definition) is 1. The van der Waals surface area contributed by atoms with Crippen LogP contribution in [-0.2, 0) is 27.9 Å². The van der Waals surface area contributed by atoms with Crippen LogP contribution in [0.15, 0.2) is 54.6 Å². The molecule has 8 heteroatoms. The maximum absolute atomic E-state index is 13.6. The zero-order valence-electron chi connectivity index (χ0n) is 20.1. The van der Waals surface area contributed by atoms with Crippen molar-refractivity contribution in [3.63, 3.8) is 0 Å². The number of hydrogen-bond acceptors (Lipinski definition) is 3. The zero-order valence-corrected chi connectivity index (χ0v) is 20.1. The van der Waals surface area contributed by atoms with Gasteiger partial charge in [-0.05, 0) is 42.5 Å². The number of nitrogens with zero attached hydrogens (tertiary/aromatic N) is 2. The predicted octanol–water partition coefficient (Wildman–Crippen LogP) is 4.73. The highest BCUT2D eigenvalue weighted by Crippen LogP contribution is 2.47. The summed E-state index contributed by atoms with van der Waals surface area (Å²) in [6.07, 6.45) is -0.140. The van der Waals surface area contributed by atoms with Crippen molar-refractivity contribution < 1.29 is 27.9 Å². The van der Waals surface area contributed by atoms with Gasteiger partial charge in [0.05, 0.1) is 17.1 Å². The number of piperidine rings is 1. The molecule has 3 fully saturated rings. The van der Waals surface area contributed by atoms with E-state index in [4.69, 9.17) is 0 Å². The van der Waals surface area contributed by atoms with Crippen LogP contribution in [-0.4, -0.2) is 45.9 Å². The molecule has 1 N–H and O–H groups in total. The van der Waals surface area contributed by atoms with Crippen LogP contribution >= 0.6 is 0 Å². The van der Waals surface area contributed by atoms with Crippen LogP contribution in [0.1, 0.15) is 55.2 Å². The van der Waals surface area contributed by atoms with E-state index >= 15 is 0 Å². The summed E-state index contributed by atoms with van der Waals surface area (Å²) in [5.41, 5.74) is -0.200. The summed E-state index contributed by atoms with van der Waals surface area (Å²) >= 11 is 0. The molecular formula is C28H31F3N2O3. The van der Waals surface area contributed by atoms with Gasteiger partial charge < -0.3 is 14.9 Å². The van der Waals surface area contributed by atoms with E-state index in [0.717, 1.165) is 43.4 Å². The average molecular weight is 501 g/mol.